The first kappa shape index (κ1) is 8.52. The fourth-order valence-electron chi connectivity index (χ4n) is 1.04. The van der Waals surface area contributed by atoms with Crippen LogP contribution in [0.2, 0.25) is 0 Å². The monoisotopic (exact) mass is 169 g/mol. The van der Waals surface area contributed by atoms with Gasteiger partial charge in [0.15, 0.2) is 0 Å². The molecule has 0 saturated heterocycles. The van der Waals surface area contributed by atoms with Crippen LogP contribution in [0.3, 0.4) is 0 Å². The smallest absolute Gasteiger partial charge is 0.251 e. The van der Waals surface area contributed by atoms with Crippen molar-refractivity contribution in [3.8, 4) is 5.75 Å². The summed E-state index contributed by atoms with van der Waals surface area (Å²) >= 11 is 0. The minimum Gasteiger partial charge on any atom is -0.508 e. The SMILES string of the molecule is Cc1cc(O)cc(F)c1C(N)=O. The second kappa shape index (κ2) is 2.81. The quantitative estimate of drug-likeness (QED) is 0.657. The molecule has 0 saturated carbocycles. The summed E-state index contributed by atoms with van der Waals surface area (Å²) in [5.41, 5.74) is 5.06. The molecule has 0 fully saturated rings. The summed E-state index contributed by atoms with van der Waals surface area (Å²) in [5, 5.41) is 8.91. The van der Waals surface area contributed by atoms with Crippen LogP contribution >= 0.6 is 0 Å². The lowest BCUT2D eigenvalue weighted by Gasteiger charge is -2.03. The number of benzene rings is 1. The van der Waals surface area contributed by atoms with E-state index in [1.807, 2.05) is 0 Å². The van der Waals surface area contributed by atoms with Crippen LogP contribution in [0.4, 0.5) is 4.39 Å². The number of carbonyl (C=O) groups excluding carboxylic acids is 1. The predicted molar refractivity (Wildman–Crippen MR) is 41.3 cm³/mol. The number of nitrogens with two attached hydrogens (primary N) is 1. The van der Waals surface area contributed by atoms with Gasteiger partial charge in [-0.05, 0) is 18.6 Å². The number of primary amides is 1. The van der Waals surface area contributed by atoms with Crippen LogP contribution in [-0.2, 0) is 0 Å². The van der Waals surface area contributed by atoms with Crippen molar-refractivity contribution in [1.29, 1.82) is 0 Å². The van der Waals surface area contributed by atoms with Gasteiger partial charge in [-0.25, -0.2) is 4.39 Å². The van der Waals surface area contributed by atoms with Gasteiger partial charge in [-0.15, -0.1) is 0 Å². The highest BCUT2D eigenvalue weighted by Crippen LogP contribution is 2.19. The Morgan fingerprint density at radius 1 is 1.58 bits per heavy atom. The first-order chi connectivity index (χ1) is 5.52. The van der Waals surface area contributed by atoms with Crippen molar-refractivity contribution in [1.82, 2.24) is 0 Å². The minimum atomic E-state index is -0.829. The second-order valence-corrected chi connectivity index (χ2v) is 2.48. The van der Waals surface area contributed by atoms with Crippen molar-refractivity contribution >= 4 is 5.91 Å². The molecule has 0 radical (unpaired) electrons. The molecule has 0 unspecified atom stereocenters. The lowest BCUT2D eigenvalue weighted by molar-refractivity contribution is 0.0996. The molecule has 12 heavy (non-hydrogen) atoms. The first-order valence-corrected chi connectivity index (χ1v) is 3.31. The van der Waals surface area contributed by atoms with Crippen molar-refractivity contribution in [3.63, 3.8) is 0 Å². The summed E-state index contributed by atoms with van der Waals surface area (Å²) in [6.07, 6.45) is 0. The van der Waals surface area contributed by atoms with Crippen LogP contribution in [0, 0.1) is 12.7 Å². The van der Waals surface area contributed by atoms with Crippen LogP contribution in [-0.4, -0.2) is 11.0 Å². The Morgan fingerprint density at radius 3 is 2.58 bits per heavy atom. The summed E-state index contributed by atoms with van der Waals surface area (Å²) in [5.74, 6) is -1.83. The maximum absolute atomic E-state index is 12.9. The van der Waals surface area contributed by atoms with E-state index < -0.39 is 11.7 Å². The van der Waals surface area contributed by atoms with Gasteiger partial charge in [0.25, 0.3) is 5.91 Å². The average molecular weight is 169 g/mol. The van der Waals surface area contributed by atoms with Gasteiger partial charge in [-0.1, -0.05) is 0 Å². The summed E-state index contributed by atoms with van der Waals surface area (Å²) in [4.78, 5) is 10.7. The number of phenolic OH excluding ortho intramolecular Hbond substituents is 1. The molecule has 1 aromatic carbocycles. The molecular formula is C8H8FNO2. The van der Waals surface area contributed by atoms with E-state index in [1.165, 1.54) is 13.0 Å². The van der Waals surface area contributed by atoms with E-state index in [0.29, 0.717) is 5.56 Å². The molecule has 1 rings (SSSR count). The average Bonchev–Trinajstić information content (AvgIpc) is 1.82. The molecule has 0 bridgehead atoms. The van der Waals surface area contributed by atoms with Crippen molar-refractivity contribution < 1.29 is 14.3 Å². The largest absolute Gasteiger partial charge is 0.508 e. The first-order valence-electron chi connectivity index (χ1n) is 3.31. The highest BCUT2D eigenvalue weighted by atomic mass is 19.1. The van der Waals surface area contributed by atoms with E-state index in [0.717, 1.165) is 6.07 Å². The van der Waals surface area contributed by atoms with Gasteiger partial charge in [0.1, 0.15) is 11.6 Å². The zero-order valence-corrected chi connectivity index (χ0v) is 6.47. The van der Waals surface area contributed by atoms with Crippen molar-refractivity contribution in [2.45, 2.75) is 6.92 Å². The van der Waals surface area contributed by atoms with Gasteiger partial charge in [0.05, 0.1) is 5.56 Å². The standard InChI is InChI=1S/C8H8FNO2/c1-4-2-5(11)3-6(9)7(4)8(10)12/h2-3,11H,1H3,(H2,10,12). The highest BCUT2D eigenvalue weighted by Gasteiger charge is 2.12. The Labute approximate surface area is 68.6 Å². The van der Waals surface area contributed by atoms with E-state index in [4.69, 9.17) is 10.8 Å². The van der Waals surface area contributed by atoms with Gasteiger partial charge in [-0.3, -0.25) is 4.79 Å². The number of phenols is 1. The molecule has 1 aromatic rings. The molecule has 3 nitrogen and oxygen atoms in total. The van der Waals surface area contributed by atoms with E-state index in [1.54, 1.807) is 0 Å². The lowest BCUT2D eigenvalue weighted by atomic mass is 10.1. The molecule has 64 valence electrons. The van der Waals surface area contributed by atoms with Gasteiger partial charge < -0.3 is 10.8 Å². The maximum atomic E-state index is 12.9. The Balaban J connectivity index is 3.38. The van der Waals surface area contributed by atoms with Crippen LogP contribution in [0.25, 0.3) is 0 Å². The number of halogens is 1. The van der Waals surface area contributed by atoms with Gasteiger partial charge in [0, 0.05) is 6.07 Å². The van der Waals surface area contributed by atoms with Crippen molar-refractivity contribution in [3.05, 3.63) is 29.1 Å². The second-order valence-electron chi connectivity index (χ2n) is 2.48. The van der Waals surface area contributed by atoms with E-state index in [-0.39, 0.29) is 11.3 Å². The molecule has 0 heterocycles. The van der Waals surface area contributed by atoms with Crippen LogP contribution in [0.15, 0.2) is 12.1 Å². The predicted octanol–water partition coefficient (Wildman–Crippen LogP) is 0.939. The molecule has 0 atom stereocenters. The number of aromatic hydroxyl groups is 1. The summed E-state index contributed by atoms with van der Waals surface area (Å²) in [7, 11) is 0. The maximum Gasteiger partial charge on any atom is 0.251 e. The fourth-order valence-corrected chi connectivity index (χ4v) is 1.04. The third-order valence-corrected chi connectivity index (χ3v) is 1.52. The number of hydrogen-bond donors (Lipinski definition) is 2. The fraction of sp³-hybridized carbons (Fsp3) is 0.125. The van der Waals surface area contributed by atoms with Crippen LogP contribution < -0.4 is 5.73 Å². The Hall–Kier alpha value is -1.58. The number of carbonyl (C=O) groups is 1. The number of hydrogen-bond acceptors (Lipinski definition) is 2. The molecular weight excluding hydrogens is 161 g/mol. The summed E-state index contributed by atoms with van der Waals surface area (Å²) < 4.78 is 12.9. The Kier molecular flexibility index (Phi) is 1.99. The van der Waals surface area contributed by atoms with Crippen LogP contribution in [0.5, 0.6) is 5.75 Å². The number of amides is 1. The molecule has 0 aliphatic heterocycles. The molecule has 3 N–H and O–H groups in total. The zero-order chi connectivity index (χ0) is 9.30. The van der Waals surface area contributed by atoms with Gasteiger partial charge in [0.2, 0.25) is 0 Å². The zero-order valence-electron chi connectivity index (χ0n) is 6.47. The van der Waals surface area contributed by atoms with Crippen molar-refractivity contribution in [2.75, 3.05) is 0 Å². The molecule has 1 amide bonds. The number of rotatable bonds is 1. The third-order valence-electron chi connectivity index (χ3n) is 1.52. The molecule has 0 aliphatic carbocycles. The van der Waals surface area contributed by atoms with E-state index >= 15 is 0 Å². The summed E-state index contributed by atoms with van der Waals surface area (Å²) in [6.45, 7) is 1.50. The summed E-state index contributed by atoms with van der Waals surface area (Å²) in [6, 6.07) is 2.14. The third kappa shape index (κ3) is 1.37. The normalized spacial score (nSPS) is 9.83. The lowest BCUT2D eigenvalue weighted by Crippen LogP contribution is -2.14. The molecule has 0 aliphatic rings. The Bertz CT molecular complexity index is 313. The van der Waals surface area contributed by atoms with Crippen molar-refractivity contribution in [2.24, 2.45) is 5.73 Å². The molecule has 0 aromatic heterocycles. The number of aryl methyl sites for hydroxylation is 1. The topological polar surface area (TPSA) is 63.3 Å². The molecule has 0 spiro atoms. The Morgan fingerprint density at radius 2 is 2.17 bits per heavy atom. The minimum absolute atomic E-state index is 0.173. The van der Waals surface area contributed by atoms with Gasteiger partial charge in [-0.2, -0.15) is 0 Å². The van der Waals surface area contributed by atoms with E-state index in [9.17, 15) is 9.18 Å². The van der Waals surface area contributed by atoms with Crippen LogP contribution in [0.1, 0.15) is 15.9 Å². The molecule has 4 heteroatoms. The van der Waals surface area contributed by atoms with Gasteiger partial charge >= 0.3 is 0 Å². The van der Waals surface area contributed by atoms with E-state index in [2.05, 4.69) is 0 Å². The highest BCUT2D eigenvalue weighted by molar-refractivity contribution is 5.94.